The molecule has 2 aliphatic carbocycles. The monoisotopic (exact) mass is 368 g/mol. The smallest absolute Gasteiger partial charge is 0.00469 e. The van der Waals surface area contributed by atoms with Gasteiger partial charge in [0.25, 0.3) is 0 Å². The summed E-state index contributed by atoms with van der Waals surface area (Å²) in [6.45, 7) is 4.66. The van der Waals surface area contributed by atoms with Crippen LogP contribution in [0.2, 0.25) is 0 Å². The number of unbranched alkanes of at least 4 members (excludes halogenated alkanes) is 5. The van der Waals surface area contributed by atoms with Crippen LogP contribution in [0.4, 0.5) is 0 Å². The summed E-state index contributed by atoms with van der Waals surface area (Å²) in [7, 11) is 0. The first-order chi connectivity index (χ1) is 13.3. The lowest BCUT2D eigenvalue weighted by Gasteiger charge is -2.39. The average Bonchev–Trinajstić information content (AvgIpc) is 2.72. The van der Waals surface area contributed by atoms with Crippen LogP contribution in [0.25, 0.3) is 0 Å². The van der Waals surface area contributed by atoms with Gasteiger partial charge in [-0.25, -0.2) is 0 Å². The normalized spacial score (nSPS) is 21.8. The molecule has 0 spiro atoms. The molecule has 1 unspecified atom stereocenters. The van der Waals surface area contributed by atoms with Gasteiger partial charge in [-0.2, -0.15) is 0 Å². The molecule has 3 rings (SSSR count). The van der Waals surface area contributed by atoms with Gasteiger partial charge in [-0.3, -0.25) is 0 Å². The van der Waals surface area contributed by atoms with Crippen molar-refractivity contribution in [3.05, 3.63) is 34.9 Å². The summed E-state index contributed by atoms with van der Waals surface area (Å²) in [6, 6.07) is 7.74. The first kappa shape index (κ1) is 20.9. The largest absolute Gasteiger partial charge is 0.0654 e. The van der Waals surface area contributed by atoms with E-state index in [1.165, 1.54) is 109 Å². The molecule has 1 aromatic rings. The Morgan fingerprint density at radius 3 is 2.41 bits per heavy atom. The molecule has 0 aliphatic heterocycles. The van der Waals surface area contributed by atoms with Gasteiger partial charge in [-0.1, -0.05) is 103 Å². The highest BCUT2D eigenvalue weighted by Crippen LogP contribution is 2.44. The van der Waals surface area contributed by atoms with Crippen molar-refractivity contribution < 1.29 is 0 Å². The second-order valence-corrected chi connectivity index (χ2v) is 9.74. The summed E-state index contributed by atoms with van der Waals surface area (Å²) < 4.78 is 0. The average molecular weight is 369 g/mol. The molecule has 0 amide bonds. The summed E-state index contributed by atoms with van der Waals surface area (Å²) in [6.07, 6.45) is 24.1. The lowest BCUT2D eigenvalue weighted by atomic mass is 9.66. The zero-order chi connectivity index (χ0) is 19.0. The third-order valence-corrected chi connectivity index (χ3v) is 7.68. The maximum absolute atomic E-state index is 2.66. The van der Waals surface area contributed by atoms with Crippen molar-refractivity contribution in [2.45, 2.75) is 128 Å². The number of hydrogen-bond donors (Lipinski definition) is 0. The lowest BCUT2D eigenvalue weighted by molar-refractivity contribution is 0.267. The molecule has 2 aliphatic rings. The van der Waals surface area contributed by atoms with E-state index in [4.69, 9.17) is 0 Å². The Balaban J connectivity index is 1.61. The molecule has 0 radical (unpaired) electrons. The van der Waals surface area contributed by atoms with E-state index in [1.807, 2.05) is 0 Å². The van der Waals surface area contributed by atoms with Crippen LogP contribution >= 0.6 is 0 Å². The fourth-order valence-electron chi connectivity index (χ4n) is 5.87. The molecule has 1 saturated carbocycles. The molecule has 27 heavy (non-hydrogen) atoms. The Labute approximate surface area is 169 Å². The second-order valence-electron chi connectivity index (χ2n) is 9.74. The molecule has 152 valence electrons. The summed E-state index contributed by atoms with van der Waals surface area (Å²) >= 11 is 0. The zero-order valence-corrected chi connectivity index (χ0v) is 18.3. The van der Waals surface area contributed by atoms with E-state index >= 15 is 0 Å². The van der Waals surface area contributed by atoms with Crippen LogP contribution in [-0.4, -0.2) is 0 Å². The fraction of sp³-hybridized carbons (Fsp3) is 0.778. The van der Waals surface area contributed by atoms with Gasteiger partial charge >= 0.3 is 0 Å². The Hall–Kier alpha value is -0.780. The molecular weight excluding hydrogens is 324 g/mol. The minimum absolute atomic E-state index is 0.513. The van der Waals surface area contributed by atoms with E-state index in [0.29, 0.717) is 5.41 Å². The van der Waals surface area contributed by atoms with Crippen molar-refractivity contribution in [1.82, 2.24) is 0 Å². The topological polar surface area (TPSA) is 0 Å². The third-order valence-electron chi connectivity index (χ3n) is 7.68. The van der Waals surface area contributed by atoms with Crippen molar-refractivity contribution in [3.8, 4) is 0 Å². The van der Waals surface area contributed by atoms with Gasteiger partial charge in [-0.15, -0.1) is 0 Å². The van der Waals surface area contributed by atoms with Gasteiger partial charge in [-0.05, 0) is 66.5 Å². The van der Waals surface area contributed by atoms with Gasteiger partial charge in [0.1, 0.15) is 0 Å². The SMILES string of the molecule is CCCCCCCC1CCc2cc(C3(CCCC)CCCCC3)ccc2C1. The molecule has 0 aromatic heterocycles. The minimum Gasteiger partial charge on any atom is -0.0654 e. The molecule has 1 aromatic carbocycles. The summed E-state index contributed by atoms with van der Waals surface area (Å²) in [5.41, 5.74) is 5.60. The van der Waals surface area contributed by atoms with Crippen LogP contribution in [0.3, 0.4) is 0 Å². The highest BCUT2D eigenvalue weighted by Gasteiger charge is 2.34. The molecule has 0 saturated heterocycles. The van der Waals surface area contributed by atoms with Gasteiger partial charge in [0.2, 0.25) is 0 Å². The number of hydrogen-bond acceptors (Lipinski definition) is 0. The fourth-order valence-corrected chi connectivity index (χ4v) is 5.87. The summed E-state index contributed by atoms with van der Waals surface area (Å²) in [5.74, 6) is 0.953. The number of benzene rings is 1. The maximum atomic E-state index is 2.66. The molecule has 0 N–H and O–H groups in total. The summed E-state index contributed by atoms with van der Waals surface area (Å²) in [4.78, 5) is 0. The molecular formula is C27H44. The lowest BCUT2D eigenvalue weighted by Crippen LogP contribution is -2.29. The Bertz CT molecular complexity index is 549. The van der Waals surface area contributed by atoms with E-state index in [-0.39, 0.29) is 0 Å². The molecule has 0 bridgehead atoms. The van der Waals surface area contributed by atoms with Crippen molar-refractivity contribution in [1.29, 1.82) is 0 Å². The van der Waals surface area contributed by atoms with Gasteiger partial charge < -0.3 is 0 Å². The Morgan fingerprint density at radius 1 is 0.852 bits per heavy atom. The van der Waals surface area contributed by atoms with E-state index < -0.39 is 0 Å². The van der Waals surface area contributed by atoms with E-state index in [9.17, 15) is 0 Å². The van der Waals surface area contributed by atoms with Crippen molar-refractivity contribution >= 4 is 0 Å². The van der Waals surface area contributed by atoms with Crippen molar-refractivity contribution in [2.24, 2.45) is 5.92 Å². The minimum atomic E-state index is 0.513. The van der Waals surface area contributed by atoms with Crippen LogP contribution < -0.4 is 0 Å². The zero-order valence-electron chi connectivity index (χ0n) is 18.3. The highest BCUT2D eigenvalue weighted by molar-refractivity contribution is 5.38. The third kappa shape index (κ3) is 5.61. The highest BCUT2D eigenvalue weighted by atomic mass is 14.4. The molecule has 1 fully saturated rings. The Morgan fingerprint density at radius 2 is 1.63 bits per heavy atom. The summed E-state index contributed by atoms with van der Waals surface area (Å²) in [5, 5.41) is 0. The maximum Gasteiger partial charge on any atom is -0.00469 e. The number of fused-ring (bicyclic) bond motifs is 1. The van der Waals surface area contributed by atoms with Crippen molar-refractivity contribution in [2.75, 3.05) is 0 Å². The van der Waals surface area contributed by atoms with Crippen LogP contribution in [0.1, 0.15) is 127 Å². The van der Waals surface area contributed by atoms with E-state index in [1.54, 1.807) is 16.7 Å². The first-order valence-corrected chi connectivity index (χ1v) is 12.4. The predicted molar refractivity (Wildman–Crippen MR) is 120 cm³/mol. The first-order valence-electron chi connectivity index (χ1n) is 12.4. The Kier molecular flexibility index (Phi) is 8.28. The number of aryl methyl sites for hydroxylation is 1. The van der Waals surface area contributed by atoms with Crippen LogP contribution in [0, 0.1) is 5.92 Å². The van der Waals surface area contributed by atoms with Gasteiger partial charge in [0.15, 0.2) is 0 Å². The van der Waals surface area contributed by atoms with Crippen LogP contribution in [-0.2, 0) is 18.3 Å². The predicted octanol–water partition coefficient (Wildman–Crippen LogP) is 8.54. The molecule has 0 heteroatoms. The standard InChI is InChI=1S/C27H44/c1-3-5-7-8-10-13-23-14-15-25-22-26(17-16-24(25)21-23)27(18-6-4-2)19-11-9-12-20-27/h16-17,22-23H,3-15,18-21H2,1-2H3. The quantitative estimate of drug-likeness (QED) is 0.363. The molecule has 0 heterocycles. The van der Waals surface area contributed by atoms with Gasteiger partial charge in [0.05, 0.1) is 0 Å². The van der Waals surface area contributed by atoms with Crippen LogP contribution in [0.15, 0.2) is 18.2 Å². The molecule has 1 atom stereocenters. The van der Waals surface area contributed by atoms with Crippen molar-refractivity contribution in [3.63, 3.8) is 0 Å². The number of rotatable bonds is 10. The second kappa shape index (κ2) is 10.7. The van der Waals surface area contributed by atoms with Gasteiger partial charge in [0, 0.05) is 0 Å². The van der Waals surface area contributed by atoms with E-state index in [0.717, 1.165) is 5.92 Å². The van der Waals surface area contributed by atoms with Crippen LogP contribution in [0.5, 0.6) is 0 Å². The van der Waals surface area contributed by atoms with E-state index in [2.05, 4.69) is 32.0 Å². The molecule has 0 nitrogen and oxygen atoms in total.